The highest BCUT2D eigenvalue weighted by Crippen LogP contribution is 2.22. The third-order valence-electron chi connectivity index (χ3n) is 4.02. The van der Waals surface area contributed by atoms with Gasteiger partial charge in [-0.2, -0.15) is 0 Å². The molecule has 2 unspecified atom stereocenters. The molecule has 1 N–H and O–H groups in total. The number of nitrogens with zero attached hydrogens (tertiary/aromatic N) is 1. The van der Waals surface area contributed by atoms with E-state index in [1.165, 1.54) is 51.7 Å². The van der Waals surface area contributed by atoms with Crippen molar-refractivity contribution in [2.75, 3.05) is 19.6 Å². The van der Waals surface area contributed by atoms with Gasteiger partial charge in [0.2, 0.25) is 0 Å². The molecular formula is C16H34N2. The van der Waals surface area contributed by atoms with Crippen LogP contribution in [-0.2, 0) is 0 Å². The molecular weight excluding hydrogens is 220 g/mol. The molecule has 1 saturated heterocycles. The van der Waals surface area contributed by atoms with Gasteiger partial charge in [-0.25, -0.2) is 0 Å². The lowest BCUT2D eigenvalue weighted by molar-refractivity contribution is 0.105. The molecule has 2 heteroatoms. The minimum atomic E-state index is 0.460. The summed E-state index contributed by atoms with van der Waals surface area (Å²) >= 11 is 0. The van der Waals surface area contributed by atoms with E-state index in [1.54, 1.807) is 0 Å². The number of nitrogens with one attached hydrogen (secondary N) is 1. The first-order valence-electron chi connectivity index (χ1n) is 7.93. The molecule has 0 aromatic heterocycles. The Kier molecular flexibility index (Phi) is 6.65. The average Bonchev–Trinajstić information content (AvgIpc) is 2.29. The second kappa shape index (κ2) is 7.49. The van der Waals surface area contributed by atoms with Crippen molar-refractivity contribution >= 4 is 0 Å². The van der Waals surface area contributed by atoms with Crippen molar-refractivity contribution in [1.82, 2.24) is 10.2 Å². The van der Waals surface area contributed by atoms with Crippen molar-refractivity contribution < 1.29 is 0 Å². The summed E-state index contributed by atoms with van der Waals surface area (Å²) in [5, 5.41) is 3.74. The zero-order valence-corrected chi connectivity index (χ0v) is 13.3. The molecule has 0 saturated carbocycles. The highest BCUT2D eigenvalue weighted by molar-refractivity contribution is 4.86. The zero-order chi connectivity index (χ0) is 13.6. The predicted molar refractivity (Wildman–Crippen MR) is 81.0 cm³/mol. The van der Waals surface area contributed by atoms with Crippen LogP contribution in [0.1, 0.15) is 66.7 Å². The van der Waals surface area contributed by atoms with Crippen LogP contribution in [0.5, 0.6) is 0 Å². The molecule has 0 aliphatic carbocycles. The van der Waals surface area contributed by atoms with Gasteiger partial charge in [-0.3, -0.25) is 4.90 Å². The third-order valence-corrected chi connectivity index (χ3v) is 4.02. The van der Waals surface area contributed by atoms with Crippen molar-refractivity contribution in [3.8, 4) is 0 Å². The third kappa shape index (κ3) is 5.71. The summed E-state index contributed by atoms with van der Waals surface area (Å²) in [5.74, 6) is 0. The molecule has 0 spiro atoms. The van der Waals surface area contributed by atoms with Gasteiger partial charge in [-0.05, 0) is 31.2 Å². The molecule has 1 aliphatic rings. The normalized spacial score (nSPS) is 26.5. The molecule has 1 aliphatic heterocycles. The molecule has 1 heterocycles. The Labute approximate surface area is 115 Å². The Morgan fingerprint density at radius 2 is 1.78 bits per heavy atom. The summed E-state index contributed by atoms with van der Waals surface area (Å²) in [6.07, 6.45) is 6.58. The molecule has 0 bridgehead atoms. The van der Waals surface area contributed by atoms with Crippen LogP contribution in [0.25, 0.3) is 0 Å². The van der Waals surface area contributed by atoms with Crippen LogP contribution in [0, 0.1) is 5.41 Å². The largest absolute Gasteiger partial charge is 0.311 e. The first-order chi connectivity index (χ1) is 8.46. The van der Waals surface area contributed by atoms with Crippen molar-refractivity contribution in [3.05, 3.63) is 0 Å². The lowest BCUT2D eigenvalue weighted by Crippen LogP contribution is -2.56. The summed E-state index contributed by atoms with van der Waals surface area (Å²) in [6, 6.07) is 1.49. The van der Waals surface area contributed by atoms with Gasteiger partial charge in [-0.1, -0.05) is 47.5 Å². The molecule has 0 radical (unpaired) electrons. The summed E-state index contributed by atoms with van der Waals surface area (Å²) in [6.45, 7) is 15.4. The van der Waals surface area contributed by atoms with E-state index in [0.717, 1.165) is 12.1 Å². The molecule has 1 rings (SSSR count). The summed E-state index contributed by atoms with van der Waals surface area (Å²) in [4.78, 5) is 2.76. The number of hydrogen-bond acceptors (Lipinski definition) is 2. The van der Waals surface area contributed by atoms with Gasteiger partial charge in [0.25, 0.3) is 0 Å². The van der Waals surface area contributed by atoms with Crippen molar-refractivity contribution in [3.63, 3.8) is 0 Å². The van der Waals surface area contributed by atoms with Gasteiger partial charge in [-0.15, -0.1) is 0 Å². The SMILES string of the molecule is CCCC1CN(CCC(C)(C)C)C(CCC)CN1. The van der Waals surface area contributed by atoms with Crippen LogP contribution < -0.4 is 5.32 Å². The van der Waals surface area contributed by atoms with Gasteiger partial charge in [0.1, 0.15) is 0 Å². The van der Waals surface area contributed by atoms with Gasteiger partial charge < -0.3 is 5.32 Å². The van der Waals surface area contributed by atoms with Gasteiger partial charge in [0.15, 0.2) is 0 Å². The van der Waals surface area contributed by atoms with E-state index >= 15 is 0 Å². The smallest absolute Gasteiger partial charge is 0.0221 e. The van der Waals surface area contributed by atoms with E-state index in [4.69, 9.17) is 0 Å². The second-order valence-corrected chi connectivity index (χ2v) is 7.14. The van der Waals surface area contributed by atoms with Crippen LogP contribution in [-0.4, -0.2) is 36.6 Å². The number of piperazine rings is 1. The lowest BCUT2D eigenvalue weighted by Gasteiger charge is -2.41. The van der Waals surface area contributed by atoms with Gasteiger partial charge >= 0.3 is 0 Å². The average molecular weight is 254 g/mol. The lowest BCUT2D eigenvalue weighted by atomic mass is 9.91. The maximum atomic E-state index is 3.74. The maximum Gasteiger partial charge on any atom is 0.0221 e. The van der Waals surface area contributed by atoms with E-state index in [2.05, 4.69) is 44.8 Å². The Balaban J connectivity index is 2.49. The van der Waals surface area contributed by atoms with Gasteiger partial charge in [0.05, 0.1) is 0 Å². The minimum absolute atomic E-state index is 0.460. The van der Waals surface area contributed by atoms with E-state index < -0.39 is 0 Å². The topological polar surface area (TPSA) is 15.3 Å². The van der Waals surface area contributed by atoms with Crippen molar-refractivity contribution in [2.45, 2.75) is 78.8 Å². The van der Waals surface area contributed by atoms with Gasteiger partial charge in [0, 0.05) is 25.2 Å². The fourth-order valence-corrected chi connectivity index (χ4v) is 2.84. The van der Waals surface area contributed by atoms with Crippen LogP contribution >= 0.6 is 0 Å². The van der Waals surface area contributed by atoms with E-state index in [9.17, 15) is 0 Å². The summed E-state index contributed by atoms with van der Waals surface area (Å²) < 4.78 is 0. The first kappa shape index (κ1) is 16.0. The Morgan fingerprint density at radius 3 is 2.33 bits per heavy atom. The van der Waals surface area contributed by atoms with Crippen molar-refractivity contribution in [2.24, 2.45) is 5.41 Å². The minimum Gasteiger partial charge on any atom is -0.311 e. The fourth-order valence-electron chi connectivity index (χ4n) is 2.84. The van der Waals surface area contributed by atoms with Crippen LogP contribution in [0.2, 0.25) is 0 Å². The number of hydrogen-bond donors (Lipinski definition) is 1. The Morgan fingerprint density at radius 1 is 1.11 bits per heavy atom. The van der Waals surface area contributed by atoms with E-state index in [0.29, 0.717) is 5.41 Å². The quantitative estimate of drug-likeness (QED) is 0.778. The maximum absolute atomic E-state index is 3.74. The van der Waals surface area contributed by atoms with E-state index in [1.807, 2.05) is 0 Å². The zero-order valence-electron chi connectivity index (χ0n) is 13.3. The summed E-state index contributed by atoms with van der Waals surface area (Å²) in [7, 11) is 0. The molecule has 0 aromatic carbocycles. The molecule has 2 nitrogen and oxygen atoms in total. The number of rotatable bonds is 6. The molecule has 2 atom stereocenters. The molecule has 18 heavy (non-hydrogen) atoms. The highest BCUT2D eigenvalue weighted by atomic mass is 15.2. The molecule has 1 fully saturated rings. The predicted octanol–water partition coefficient (Wildman–Crippen LogP) is 3.67. The molecule has 0 amide bonds. The van der Waals surface area contributed by atoms with Crippen molar-refractivity contribution in [1.29, 1.82) is 0 Å². The highest BCUT2D eigenvalue weighted by Gasteiger charge is 2.27. The first-order valence-corrected chi connectivity index (χ1v) is 7.93. The Hall–Kier alpha value is -0.0800. The van der Waals surface area contributed by atoms with E-state index in [-0.39, 0.29) is 0 Å². The monoisotopic (exact) mass is 254 g/mol. The molecule has 0 aromatic rings. The van der Waals surface area contributed by atoms with Crippen LogP contribution in [0.3, 0.4) is 0 Å². The summed E-state index contributed by atoms with van der Waals surface area (Å²) in [5.41, 5.74) is 0.460. The van der Waals surface area contributed by atoms with Crippen LogP contribution in [0.4, 0.5) is 0 Å². The second-order valence-electron chi connectivity index (χ2n) is 7.14. The molecule has 108 valence electrons. The van der Waals surface area contributed by atoms with Crippen LogP contribution in [0.15, 0.2) is 0 Å². The Bertz CT molecular complexity index is 220. The fraction of sp³-hybridized carbons (Fsp3) is 1.00. The standard InChI is InChI=1S/C16H34N2/c1-6-8-14-13-18(11-10-16(3,4)5)15(9-7-2)12-17-14/h14-15,17H,6-13H2,1-5H3.